The Hall–Kier alpha value is -1.53. The van der Waals surface area contributed by atoms with Gasteiger partial charge in [-0.2, -0.15) is 13.2 Å². The van der Waals surface area contributed by atoms with E-state index < -0.39 is 18.1 Å². The van der Waals surface area contributed by atoms with Crippen molar-refractivity contribution in [1.29, 1.82) is 0 Å². The zero-order valence-electron chi connectivity index (χ0n) is 8.05. The van der Waals surface area contributed by atoms with Gasteiger partial charge in [-0.1, -0.05) is 0 Å². The number of rotatable bonds is 3. The summed E-state index contributed by atoms with van der Waals surface area (Å²) in [5.41, 5.74) is -0.227. The van der Waals surface area contributed by atoms with Crippen LogP contribution in [0.5, 0.6) is 0 Å². The molecular formula is C8H9F3O4. The van der Waals surface area contributed by atoms with Gasteiger partial charge < -0.3 is 9.47 Å². The van der Waals surface area contributed by atoms with E-state index in [9.17, 15) is 22.8 Å². The SMILES string of the molecule is CCOC(=O)C(C)=COC(=O)C(F)(F)F. The van der Waals surface area contributed by atoms with Crippen molar-refractivity contribution in [2.24, 2.45) is 0 Å². The van der Waals surface area contributed by atoms with E-state index in [1.807, 2.05) is 0 Å². The molecule has 0 aliphatic heterocycles. The van der Waals surface area contributed by atoms with E-state index in [0.29, 0.717) is 6.26 Å². The number of carbonyl (C=O) groups is 2. The second-order valence-corrected chi connectivity index (χ2v) is 2.42. The van der Waals surface area contributed by atoms with E-state index in [4.69, 9.17) is 0 Å². The molecule has 15 heavy (non-hydrogen) atoms. The minimum absolute atomic E-state index is 0.0806. The maximum atomic E-state index is 11.6. The van der Waals surface area contributed by atoms with E-state index in [-0.39, 0.29) is 12.2 Å². The van der Waals surface area contributed by atoms with Crippen LogP contribution >= 0.6 is 0 Å². The van der Waals surface area contributed by atoms with Gasteiger partial charge in [0, 0.05) is 0 Å². The number of hydrogen-bond acceptors (Lipinski definition) is 4. The summed E-state index contributed by atoms with van der Waals surface area (Å²) < 4.78 is 43.0. The number of alkyl halides is 3. The van der Waals surface area contributed by atoms with Crippen molar-refractivity contribution < 1.29 is 32.2 Å². The third kappa shape index (κ3) is 5.04. The molecule has 0 saturated heterocycles. The summed E-state index contributed by atoms with van der Waals surface area (Å²) in [5, 5.41) is 0. The van der Waals surface area contributed by atoms with Gasteiger partial charge in [0.25, 0.3) is 0 Å². The smallest absolute Gasteiger partial charge is 0.463 e. The van der Waals surface area contributed by atoms with Gasteiger partial charge >= 0.3 is 18.1 Å². The largest absolute Gasteiger partial charge is 0.491 e. The summed E-state index contributed by atoms with van der Waals surface area (Å²) in [7, 11) is 0. The summed E-state index contributed by atoms with van der Waals surface area (Å²) in [6.07, 6.45) is -4.67. The van der Waals surface area contributed by atoms with Crippen molar-refractivity contribution in [3.05, 3.63) is 11.8 Å². The van der Waals surface area contributed by atoms with Crippen LogP contribution in [0.1, 0.15) is 13.8 Å². The molecule has 0 aliphatic carbocycles. The average Bonchev–Trinajstić information content (AvgIpc) is 2.12. The fraction of sp³-hybridized carbons (Fsp3) is 0.500. The minimum Gasteiger partial charge on any atom is -0.463 e. The first-order valence-corrected chi connectivity index (χ1v) is 3.90. The highest BCUT2D eigenvalue weighted by Gasteiger charge is 2.40. The molecule has 0 fully saturated rings. The van der Waals surface area contributed by atoms with E-state index in [2.05, 4.69) is 9.47 Å². The van der Waals surface area contributed by atoms with Crippen LogP contribution < -0.4 is 0 Å². The number of halogens is 3. The Morgan fingerprint density at radius 1 is 1.33 bits per heavy atom. The summed E-state index contributed by atoms with van der Waals surface area (Å²) >= 11 is 0. The maximum Gasteiger partial charge on any atom is 0.491 e. The molecule has 0 unspecified atom stereocenters. The van der Waals surface area contributed by atoms with Gasteiger partial charge in [0.2, 0.25) is 0 Å². The van der Waals surface area contributed by atoms with Crippen LogP contribution in [0.15, 0.2) is 11.8 Å². The third-order valence-corrected chi connectivity index (χ3v) is 1.17. The monoisotopic (exact) mass is 226 g/mol. The average molecular weight is 226 g/mol. The molecule has 0 aromatic rings. The fourth-order valence-corrected chi connectivity index (χ4v) is 0.502. The van der Waals surface area contributed by atoms with Crippen molar-refractivity contribution in [1.82, 2.24) is 0 Å². The molecule has 0 radical (unpaired) electrons. The van der Waals surface area contributed by atoms with Gasteiger partial charge in [-0.25, -0.2) is 9.59 Å². The second-order valence-electron chi connectivity index (χ2n) is 2.42. The lowest BCUT2D eigenvalue weighted by Gasteiger charge is -2.04. The normalized spacial score (nSPS) is 12.2. The van der Waals surface area contributed by atoms with Crippen LogP contribution in [0.4, 0.5) is 13.2 Å². The lowest BCUT2D eigenvalue weighted by Crippen LogP contribution is -2.23. The zero-order chi connectivity index (χ0) is 12.1. The molecular weight excluding hydrogens is 217 g/mol. The lowest BCUT2D eigenvalue weighted by atomic mass is 10.3. The molecule has 0 N–H and O–H groups in total. The van der Waals surface area contributed by atoms with Gasteiger partial charge in [0.15, 0.2) is 0 Å². The number of carbonyl (C=O) groups excluding carboxylic acids is 2. The number of hydrogen-bond donors (Lipinski definition) is 0. The molecule has 0 bridgehead atoms. The highest BCUT2D eigenvalue weighted by molar-refractivity contribution is 5.88. The molecule has 0 heterocycles. The summed E-state index contributed by atoms with van der Waals surface area (Å²) in [4.78, 5) is 21.0. The molecule has 0 aliphatic rings. The second kappa shape index (κ2) is 5.38. The highest BCUT2D eigenvalue weighted by atomic mass is 19.4. The number of esters is 2. The first-order valence-electron chi connectivity index (χ1n) is 3.90. The molecule has 0 aromatic heterocycles. The van der Waals surface area contributed by atoms with Gasteiger partial charge in [-0.3, -0.25) is 0 Å². The number of ether oxygens (including phenoxy) is 2. The maximum absolute atomic E-state index is 11.6. The predicted molar refractivity (Wildman–Crippen MR) is 42.5 cm³/mol. The molecule has 86 valence electrons. The Balaban J connectivity index is 4.29. The minimum atomic E-state index is -5.08. The predicted octanol–water partition coefficient (Wildman–Crippen LogP) is 1.56. The van der Waals surface area contributed by atoms with Crippen LogP contribution in [-0.4, -0.2) is 24.7 Å². The Morgan fingerprint density at radius 3 is 2.27 bits per heavy atom. The zero-order valence-corrected chi connectivity index (χ0v) is 8.05. The molecule has 0 saturated carbocycles. The molecule has 0 aromatic carbocycles. The van der Waals surface area contributed by atoms with Gasteiger partial charge in [-0.15, -0.1) is 0 Å². The quantitative estimate of drug-likeness (QED) is 0.416. The first kappa shape index (κ1) is 13.5. The summed E-state index contributed by atoms with van der Waals surface area (Å²) in [6, 6.07) is 0. The lowest BCUT2D eigenvalue weighted by molar-refractivity contribution is -0.193. The standard InChI is InChI=1S/C8H9F3O4/c1-3-14-6(12)5(2)4-15-7(13)8(9,10)11/h4H,3H2,1-2H3. The molecule has 0 rings (SSSR count). The van der Waals surface area contributed by atoms with Crippen molar-refractivity contribution in [3.63, 3.8) is 0 Å². The Labute approximate surface area is 83.7 Å². The molecule has 7 heteroatoms. The topological polar surface area (TPSA) is 52.6 Å². The Kier molecular flexibility index (Phi) is 4.83. The van der Waals surface area contributed by atoms with Crippen LogP contribution in [0.25, 0.3) is 0 Å². The van der Waals surface area contributed by atoms with E-state index in [1.54, 1.807) is 0 Å². The van der Waals surface area contributed by atoms with Crippen LogP contribution in [0.3, 0.4) is 0 Å². The molecule has 4 nitrogen and oxygen atoms in total. The molecule has 0 spiro atoms. The first-order chi connectivity index (χ1) is 6.79. The van der Waals surface area contributed by atoms with Crippen molar-refractivity contribution in [3.8, 4) is 0 Å². The molecule has 0 amide bonds. The van der Waals surface area contributed by atoms with Crippen molar-refractivity contribution in [2.45, 2.75) is 20.0 Å². The van der Waals surface area contributed by atoms with Gasteiger partial charge in [-0.05, 0) is 13.8 Å². The van der Waals surface area contributed by atoms with E-state index in [1.165, 1.54) is 13.8 Å². The van der Waals surface area contributed by atoms with Crippen LogP contribution in [0.2, 0.25) is 0 Å². The van der Waals surface area contributed by atoms with Crippen LogP contribution in [-0.2, 0) is 19.1 Å². The molecule has 0 atom stereocenters. The fourth-order valence-electron chi connectivity index (χ4n) is 0.502. The third-order valence-electron chi connectivity index (χ3n) is 1.17. The van der Waals surface area contributed by atoms with Gasteiger partial charge in [0.1, 0.15) is 6.26 Å². The van der Waals surface area contributed by atoms with Crippen molar-refractivity contribution in [2.75, 3.05) is 6.61 Å². The van der Waals surface area contributed by atoms with E-state index >= 15 is 0 Å². The highest BCUT2D eigenvalue weighted by Crippen LogP contribution is 2.16. The Morgan fingerprint density at radius 2 is 1.87 bits per heavy atom. The van der Waals surface area contributed by atoms with Crippen LogP contribution in [0, 0.1) is 0 Å². The Bertz CT molecular complexity index is 280. The summed E-state index contributed by atoms with van der Waals surface area (Å²) in [5.74, 6) is -3.22. The van der Waals surface area contributed by atoms with Gasteiger partial charge in [0.05, 0.1) is 12.2 Å². The van der Waals surface area contributed by atoms with Crippen molar-refractivity contribution >= 4 is 11.9 Å². The van der Waals surface area contributed by atoms with E-state index in [0.717, 1.165) is 0 Å². The summed E-state index contributed by atoms with van der Waals surface area (Å²) in [6.45, 7) is 2.78.